The zero-order chi connectivity index (χ0) is 22.9. The molecule has 0 radical (unpaired) electrons. The molecule has 8 heteroatoms. The molecule has 2 aromatic rings. The van der Waals surface area contributed by atoms with E-state index >= 15 is 0 Å². The molecule has 3 atom stereocenters. The molecule has 2 heterocycles. The van der Waals surface area contributed by atoms with Crippen LogP contribution in [0.2, 0.25) is 0 Å². The molecule has 2 N–H and O–H groups in total. The number of quaternary nitrogens is 1. The quantitative estimate of drug-likeness (QED) is 0.226. The van der Waals surface area contributed by atoms with Crippen LogP contribution in [-0.4, -0.2) is 38.5 Å². The topological polar surface area (TPSA) is 86.5 Å². The Bertz CT molecular complexity index is 1030. The molecule has 1 amide bonds. The number of hydrogen-bond donors (Lipinski definition) is 1. The summed E-state index contributed by atoms with van der Waals surface area (Å²) in [7, 11) is 0. The molecule has 32 heavy (non-hydrogen) atoms. The van der Waals surface area contributed by atoms with Gasteiger partial charge < -0.3 is 4.74 Å². The number of thioether (sulfide) groups is 2. The number of ether oxygens (including phenoxy) is 1. The lowest BCUT2D eigenvalue weighted by Gasteiger charge is -2.50. The fourth-order valence-corrected chi connectivity index (χ4v) is 6.42. The second-order valence-electron chi connectivity index (χ2n) is 7.94. The van der Waals surface area contributed by atoms with Crippen LogP contribution in [0.3, 0.4) is 0 Å². The van der Waals surface area contributed by atoms with Gasteiger partial charge in [0.25, 0.3) is 0 Å². The number of nitrogens with zero attached hydrogens (tertiary/aromatic N) is 1. The van der Waals surface area contributed by atoms with Gasteiger partial charge in [-0.1, -0.05) is 84.2 Å². The molecule has 1 unspecified atom stereocenters. The third-order valence-electron chi connectivity index (χ3n) is 5.79. The van der Waals surface area contributed by atoms with Crippen molar-refractivity contribution in [2.75, 3.05) is 11.5 Å². The second kappa shape index (κ2) is 9.23. The molecular formula is C24H25N2O4S2+. The van der Waals surface area contributed by atoms with E-state index in [1.165, 1.54) is 6.92 Å². The van der Waals surface area contributed by atoms with Gasteiger partial charge in [0.15, 0.2) is 16.6 Å². The molecule has 0 saturated carbocycles. The van der Waals surface area contributed by atoms with Gasteiger partial charge in [0.1, 0.15) is 5.92 Å². The van der Waals surface area contributed by atoms with Crippen molar-refractivity contribution >= 4 is 40.5 Å². The van der Waals surface area contributed by atoms with Gasteiger partial charge in [-0.15, -0.1) is 4.59 Å². The number of nitrogens with two attached hydrogens (primary N) is 1. The minimum Gasteiger partial charge on any atom is -0.445 e. The average Bonchev–Trinajstić information content (AvgIpc) is 2.81. The molecule has 6 nitrogen and oxygen atoms in total. The highest BCUT2D eigenvalue weighted by Crippen LogP contribution is 2.48. The number of carbonyl (C=O) groups excluding carboxylic acids is 3. The summed E-state index contributed by atoms with van der Waals surface area (Å²) in [4.78, 5) is 38.1. The Hall–Kier alpha value is -2.39. The van der Waals surface area contributed by atoms with E-state index in [4.69, 9.17) is 10.6 Å². The van der Waals surface area contributed by atoms with E-state index in [1.54, 1.807) is 11.8 Å². The van der Waals surface area contributed by atoms with Crippen molar-refractivity contribution in [3.63, 3.8) is 0 Å². The second-order valence-corrected chi connectivity index (χ2v) is 10.2. The maximum Gasteiger partial charge on any atom is 0.396 e. The Morgan fingerprint density at radius 1 is 1.12 bits per heavy atom. The Morgan fingerprint density at radius 2 is 1.69 bits per heavy atom. The number of carbonyl (C=O) groups is 3. The van der Waals surface area contributed by atoms with E-state index in [0.29, 0.717) is 17.1 Å². The highest BCUT2D eigenvalue weighted by Gasteiger charge is 2.67. The zero-order valence-electron chi connectivity index (χ0n) is 17.9. The van der Waals surface area contributed by atoms with Gasteiger partial charge in [0.05, 0.1) is 0 Å². The maximum absolute atomic E-state index is 13.6. The van der Waals surface area contributed by atoms with E-state index in [9.17, 15) is 14.4 Å². The highest BCUT2D eigenvalue weighted by molar-refractivity contribution is 8.13. The molecule has 0 bridgehead atoms. The SMILES string of the molecule is CC(=O)SCC1=C(C(=O)OC(c2ccccc2)c2ccccc2)[N+]2(N)C(=O)[C@H](C)[C@H]2SC1. The molecule has 166 valence electrons. The predicted molar refractivity (Wildman–Crippen MR) is 126 cm³/mol. The Balaban J connectivity index is 1.73. The number of rotatable bonds is 6. The number of fused-ring (bicyclic) bond motifs is 1. The summed E-state index contributed by atoms with van der Waals surface area (Å²) >= 11 is 2.66. The monoisotopic (exact) mass is 469 g/mol. The zero-order valence-corrected chi connectivity index (χ0v) is 19.5. The lowest BCUT2D eigenvalue weighted by Crippen LogP contribution is -2.78. The van der Waals surface area contributed by atoms with Gasteiger partial charge in [-0.2, -0.15) is 5.84 Å². The van der Waals surface area contributed by atoms with E-state index in [1.807, 2.05) is 67.6 Å². The summed E-state index contributed by atoms with van der Waals surface area (Å²) in [5.41, 5.74) is 2.49. The van der Waals surface area contributed by atoms with E-state index in [0.717, 1.165) is 22.9 Å². The van der Waals surface area contributed by atoms with E-state index in [-0.39, 0.29) is 28.0 Å². The molecule has 2 aliphatic heterocycles. The molecule has 0 aromatic heterocycles. The van der Waals surface area contributed by atoms with Crippen LogP contribution < -0.4 is 5.84 Å². The van der Waals surface area contributed by atoms with E-state index < -0.39 is 16.7 Å². The van der Waals surface area contributed by atoms with Crippen LogP contribution >= 0.6 is 23.5 Å². The van der Waals surface area contributed by atoms with Crippen molar-refractivity contribution in [2.24, 2.45) is 11.8 Å². The first-order valence-electron chi connectivity index (χ1n) is 10.3. The first-order valence-corrected chi connectivity index (χ1v) is 12.4. The summed E-state index contributed by atoms with van der Waals surface area (Å²) in [5, 5.41) is -0.293. The van der Waals surface area contributed by atoms with Crippen LogP contribution in [-0.2, 0) is 19.1 Å². The van der Waals surface area contributed by atoms with Crippen molar-refractivity contribution in [2.45, 2.75) is 25.3 Å². The molecule has 1 saturated heterocycles. The van der Waals surface area contributed by atoms with Gasteiger partial charge in [-0.3, -0.25) is 4.79 Å². The van der Waals surface area contributed by atoms with Crippen molar-refractivity contribution < 1.29 is 23.7 Å². The van der Waals surface area contributed by atoms with Gasteiger partial charge in [-0.05, 0) is 18.1 Å². The first kappa shape index (κ1) is 22.8. The number of esters is 1. The smallest absolute Gasteiger partial charge is 0.396 e. The fourth-order valence-electron chi connectivity index (χ4n) is 4.21. The normalized spacial score (nSPS) is 24.7. The molecule has 0 aliphatic carbocycles. The van der Waals surface area contributed by atoms with Gasteiger partial charge in [0, 0.05) is 24.0 Å². The summed E-state index contributed by atoms with van der Waals surface area (Å²) in [6, 6.07) is 18.9. The van der Waals surface area contributed by atoms with Crippen molar-refractivity contribution in [3.8, 4) is 0 Å². The lowest BCUT2D eigenvalue weighted by molar-refractivity contribution is -0.871. The number of benzene rings is 2. The van der Waals surface area contributed by atoms with Crippen molar-refractivity contribution in [3.05, 3.63) is 83.1 Å². The van der Waals surface area contributed by atoms with Crippen LogP contribution in [0.1, 0.15) is 31.1 Å². The highest BCUT2D eigenvalue weighted by atomic mass is 32.2. The number of hydrogen-bond acceptors (Lipinski definition) is 7. The van der Waals surface area contributed by atoms with Crippen LogP contribution in [0.15, 0.2) is 71.9 Å². The van der Waals surface area contributed by atoms with Crippen molar-refractivity contribution in [1.29, 1.82) is 0 Å². The Morgan fingerprint density at radius 3 is 2.22 bits per heavy atom. The number of β-lactam (4-membered cyclic amide) rings is 1. The molecule has 1 fully saturated rings. The summed E-state index contributed by atoms with van der Waals surface area (Å²) in [5.74, 6) is 6.32. The predicted octanol–water partition coefficient (Wildman–Crippen LogP) is 3.79. The number of amides is 1. The maximum atomic E-state index is 13.6. The van der Waals surface area contributed by atoms with Gasteiger partial charge in [-0.25, -0.2) is 9.59 Å². The molecule has 0 spiro atoms. The lowest BCUT2D eigenvalue weighted by atomic mass is 9.95. The minimum absolute atomic E-state index is 0.0596. The summed E-state index contributed by atoms with van der Waals surface area (Å²) in [6.45, 7) is 3.31. The standard InChI is InChI=1S/C24H25N2O4S2/c1-15-22(28)26(25)20(19(13-31-16(2)27)14-32-23(15)26)24(29)30-21(17-9-5-3-6-10-17)18-11-7-4-8-12-18/h3-12,15,21,23H,13-14,25H2,1-2H3/q+1/t15-,23+,26?/m0/s1. The minimum atomic E-state index is -0.646. The van der Waals surface area contributed by atoms with Crippen molar-refractivity contribution in [1.82, 2.24) is 0 Å². The first-order chi connectivity index (χ1) is 15.3. The molecular weight excluding hydrogens is 444 g/mol. The van der Waals surface area contributed by atoms with Crippen LogP contribution in [0.25, 0.3) is 0 Å². The summed E-state index contributed by atoms with van der Waals surface area (Å²) in [6.07, 6.45) is -0.646. The third-order valence-corrected chi connectivity index (χ3v) is 8.29. The van der Waals surface area contributed by atoms with Gasteiger partial charge in [0.2, 0.25) is 5.70 Å². The summed E-state index contributed by atoms with van der Waals surface area (Å²) < 4.78 is 5.49. The van der Waals surface area contributed by atoms with Crippen LogP contribution in [0.4, 0.5) is 0 Å². The Labute approximate surface area is 195 Å². The van der Waals surface area contributed by atoms with Crippen LogP contribution in [0, 0.1) is 5.92 Å². The fraction of sp³-hybridized carbons (Fsp3) is 0.292. The molecule has 4 rings (SSSR count). The van der Waals surface area contributed by atoms with E-state index in [2.05, 4.69) is 0 Å². The Kier molecular flexibility index (Phi) is 6.57. The van der Waals surface area contributed by atoms with Gasteiger partial charge >= 0.3 is 11.9 Å². The third kappa shape index (κ3) is 4.03. The largest absolute Gasteiger partial charge is 0.445 e. The molecule has 2 aromatic carbocycles. The average molecular weight is 470 g/mol. The molecule has 2 aliphatic rings. The van der Waals surface area contributed by atoms with Crippen LogP contribution in [0.5, 0.6) is 0 Å².